The fraction of sp³-hybridized carbons (Fsp3) is 1.00. The van der Waals surface area contributed by atoms with E-state index in [2.05, 4.69) is 0 Å². The van der Waals surface area contributed by atoms with Crippen molar-refractivity contribution >= 4 is 0 Å². The molecule has 0 bridgehead atoms. The fourth-order valence-corrected chi connectivity index (χ4v) is 1.56. The molecule has 30 heavy (non-hydrogen) atoms. The molecule has 0 aromatic heterocycles. The van der Waals surface area contributed by atoms with Gasteiger partial charge < -0.3 is 0 Å². The summed E-state index contributed by atoms with van der Waals surface area (Å²) in [5, 5.41) is 0. The number of hydrogen-bond acceptors (Lipinski definition) is 0. The zero-order valence-electron chi connectivity index (χ0n) is 12.8. The Morgan fingerprint density at radius 1 is 0.300 bits per heavy atom. The monoisotopic (exact) mass is 502 g/mol. The SMILES string of the molecule is FC(F)(F)CC(F)(F)C(F)(F)C(F)(F)C(F)(F)C(F)(F)C(F)(F)C(F)(F)C(F)(F)F. The molecule has 0 aliphatic heterocycles. The van der Waals surface area contributed by atoms with E-state index < -0.39 is 60.2 Å². The molecule has 0 aromatic carbocycles. The van der Waals surface area contributed by atoms with Crippen LogP contribution in [0, 0.1) is 0 Å². The maximum absolute atomic E-state index is 13.1. The second kappa shape index (κ2) is 6.80. The van der Waals surface area contributed by atoms with Gasteiger partial charge in [0.1, 0.15) is 6.42 Å². The third kappa shape index (κ3) is 3.81. The van der Waals surface area contributed by atoms with Crippen molar-refractivity contribution in [2.45, 2.75) is 60.2 Å². The van der Waals surface area contributed by atoms with Gasteiger partial charge in [-0.15, -0.1) is 0 Å². The normalized spacial score (nSPS) is 16.8. The van der Waals surface area contributed by atoms with Crippen LogP contribution >= 0.6 is 0 Å². The van der Waals surface area contributed by atoms with Gasteiger partial charge in [0.15, 0.2) is 0 Å². The molecular weight excluding hydrogens is 500 g/mol. The molecule has 20 heteroatoms. The highest BCUT2D eigenvalue weighted by Crippen LogP contribution is 2.64. The number of halogens is 20. The van der Waals surface area contributed by atoms with Gasteiger partial charge in [0, 0.05) is 0 Å². The molecule has 0 spiro atoms. The van der Waals surface area contributed by atoms with E-state index in [1.54, 1.807) is 0 Å². The van der Waals surface area contributed by atoms with Gasteiger partial charge >= 0.3 is 53.8 Å². The molecule has 0 heterocycles. The van der Waals surface area contributed by atoms with E-state index in [1.165, 1.54) is 0 Å². The van der Waals surface area contributed by atoms with Crippen molar-refractivity contribution in [1.82, 2.24) is 0 Å². The molecule has 0 saturated carbocycles. The maximum Gasteiger partial charge on any atom is 0.460 e. The zero-order chi connectivity index (χ0) is 25.2. The van der Waals surface area contributed by atoms with Crippen molar-refractivity contribution in [2.75, 3.05) is 0 Å². The number of rotatable bonds is 7. The summed E-state index contributed by atoms with van der Waals surface area (Å²) in [7, 11) is 0. The molecule has 0 nitrogen and oxygen atoms in total. The average molecular weight is 502 g/mol. The molecule has 0 rings (SSSR count). The molecule has 0 radical (unpaired) electrons. The Hall–Kier alpha value is -1.40. The topological polar surface area (TPSA) is 0 Å². The van der Waals surface area contributed by atoms with E-state index in [0.29, 0.717) is 0 Å². The van der Waals surface area contributed by atoms with Crippen molar-refractivity contribution in [1.29, 1.82) is 0 Å². The van der Waals surface area contributed by atoms with Crippen LogP contribution in [0.5, 0.6) is 0 Å². The van der Waals surface area contributed by atoms with Crippen LogP contribution in [0.4, 0.5) is 87.8 Å². The van der Waals surface area contributed by atoms with Crippen LogP contribution in [0.15, 0.2) is 0 Å². The molecule has 0 aliphatic rings. The van der Waals surface area contributed by atoms with E-state index in [9.17, 15) is 87.8 Å². The first-order chi connectivity index (χ1) is 12.5. The third-order valence-electron chi connectivity index (χ3n) is 3.21. The first kappa shape index (κ1) is 28.6. The quantitative estimate of drug-likeness (QED) is 0.331. The highest BCUT2D eigenvalue weighted by molar-refractivity contribution is 5.15. The Balaban J connectivity index is 6.70. The molecule has 0 aromatic rings. The smallest absolute Gasteiger partial charge is 0.199 e. The minimum Gasteiger partial charge on any atom is -0.199 e. The van der Waals surface area contributed by atoms with Gasteiger partial charge in [-0.05, 0) is 0 Å². The Morgan fingerprint density at radius 3 is 0.767 bits per heavy atom. The Morgan fingerprint density at radius 2 is 0.533 bits per heavy atom. The minimum atomic E-state index is -8.88. The van der Waals surface area contributed by atoms with Crippen LogP contribution in [0.3, 0.4) is 0 Å². The minimum absolute atomic E-state index is 4.43. The van der Waals surface area contributed by atoms with Gasteiger partial charge in [-0.25, -0.2) is 0 Å². The Labute approximate surface area is 149 Å². The summed E-state index contributed by atoms with van der Waals surface area (Å²) < 4.78 is 251. The lowest BCUT2D eigenvalue weighted by atomic mass is 9.88. The maximum atomic E-state index is 13.1. The molecule has 0 amide bonds. The molecule has 0 saturated heterocycles. The second-order valence-corrected chi connectivity index (χ2v) is 5.44. The van der Waals surface area contributed by atoms with Crippen LogP contribution < -0.4 is 0 Å². The summed E-state index contributed by atoms with van der Waals surface area (Å²) in [6.07, 6.45) is -18.9. The predicted octanol–water partition coefficient (Wildman–Crippen LogP) is 6.95. The van der Waals surface area contributed by atoms with E-state index in [0.717, 1.165) is 0 Å². The van der Waals surface area contributed by atoms with Crippen molar-refractivity contribution in [3.63, 3.8) is 0 Å². The van der Waals surface area contributed by atoms with Gasteiger partial charge in [0.25, 0.3) is 0 Å². The van der Waals surface area contributed by atoms with Crippen molar-refractivity contribution in [3.05, 3.63) is 0 Å². The molecule has 0 N–H and O–H groups in total. The highest BCUT2D eigenvalue weighted by atomic mass is 19.4. The summed E-state index contributed by atoms with van der Waals surface area (Å²) in [6.45, 7) is 0. The van der Waals surface area contributed by atoms with E-state index in [4.69, 9.17) is 0 Å². The fourth-order valence-electron chi connectivity index (χ4n) is 1.56. The molecule has 0 atom stereocenters. The summed E-state index contributed by atoms with van der Waals surface area (Å²) in [5.74, 6) is -59.2. The molecule has 182 valence electrons. The van der Waals surface area contributed by atoms with Gasteiger partial charge in [0.05, 0.1) is 0 Å². The van der Waals surface area contributed by atoms with Crippen LogP contribution in [0.25, 0.3) is 0 Å². The van der Waals surface area contributed by atoms with Gasteiger partial charge in [-0.1, -0.05) is 0 Å². The van der Waals surface area contributed by atoms with Gasteiger partial charge in [-0.3, -0.25) is 0 Å². The Kier molecular flexibility index (Phi) is 6.48. The van der Waals surface area contributed by atoms with Crippen LogP contribution in [-0.4, -0.2) is 53.8 Å². The summed E-state index contributed by atoms with van der Waals surface area (Å²) in [6, 6.07) is 0. The van der Waals surface area contributed by atoms with Crippen LogP contribution in [0.2, 0.25) is 0 Å². The molecular formula is C10H2F20. The molecule has 0 fully saturated rings. The lowest BCUT2D eigenvalue weighted by Crippen LogP contribution is -2.74. The van der Waals surface area contributed by atoms with Crippen molar-refractivity contribution in [2.24, 2.45) is 0 Å². The highest BCUT2D eigenvalue weighted by Gasteiger charge is 2.95. The summed E-state index contributed by atoms with van der Waals surface area (Å²) >= 11 is 0. The van der Waals surface area contributed by atoms with Gasteiger partial charge in [-0.2, -0.15) is 87.8 Å². The van der Waals surface area contributed by atoms with E-state index in [-0.39, 0.29) is 0 Å². The van der Waals surface area contributed by atoms with E-state index in [1.807, 2.05) is 0 Å². The van der Waals surface area contributed by atoms with Gasteiger partial charge in [0.2, 0.25) is 0 Å². The summed E-state index contributed by atoms with van der Waals surface area (Å²) in [5.41, 5.74) is 0. The van der Waals surface area contributed by atoms with Crippen LogP contribution in [0.1, 0.15) is 6.42 Å². The van der Waals surface area contributed by atoms with Crippen LogP contribution in [-0.2, 0) is 0 Å². The lowest BCUT2D eigenvalue weighted by molar-refractivity contribution is -0.463. The van der Waals surface area contributed by atoms with E-state index >= 15 is 0 Å². The summed E-state index contributed by atoms with van der Waals surface area (Å²) in [4.78, 5) is 0. The third-order valence-corrected chi connectivity index (χ3v) is 3.21. The van der Waals surface area contributed by atoms with Crippen molar-refractivity contribution in [3.8, 4) is 0 Å². The zero-order valence-corrected chi connectivity index (χ0v) is 12.8. The van der Waals surface area contributed by atoms with Crippen molar-refractivity contribution < 1.29 is 87.8 Å². The first-order valence-electron chi connectivity index (χ1n) is 6.24. The molecule has 0 aliphatic carbocycles. The standard InChI is InChI=1S/C10H2F20/c11-2(12,1-3(13,14)15)4(16,17)5(18,19)6(20,21)7(22,23)8(24,25)9(26,27)10(28,29)30/h1H2. The second-order valence-electron chi connectivity index (χ2n) is 5.44. The number of hydrogen-bond donors (Lipinski definition) is 0. The lowest BCUT2D eigenvalue weighted by Gasteiger charge is -2.42. The number of alkyl halides is 20. The largest absolute Gasteiger partial charge is 0.460 e. The first-order valence-corrected chi connectivity index (χ1v) is 6.24. The molecule has 0 unspecified atom stereocenters. The Bertz CT molecular complexity index is 616. The predicted molar refractivity (Wildman–Crippen MR) is 51.4 cm³/mol. The average Bonchev–Trinajstić information content (AvgIpc) is 2.41.